The fourth-order valence-corrected chi connectivity index (χ4v) is 4.00. The lowest BCUT2D eigenvalue weighted by Gasteiger charge is -2.35. The number of rotatable bonds is 9. The van der Waals surface area contributed by atoms with Gasteiger partial charge in [-0.05, 0) is 52.7 Å². The van der Waals surface area contributed by atoms with Gasteiger partial charge < -0.3 is 20.0 Å². The Morgan fingerprint density at radius 3 is 2.39 bits per heavy atom. The van der Waals surface area contributed by atoms with E-state index in [1.807, 2.05) is 49.1 Å². The van der Waals surface area contributed by atoms with Crippen LogP contribution in [0.5, 0.6) is 0 Å². The van der Waals surface area contributed by atoms with Crippen LogP contribution < -0.4 is 15.1 Å². The fourth-order valence-electron chi connectivity index (χ4n) is 4.00. The van der Waals surface area contributed by atoms with Crippen LogP contribution in [0.3, 0.4) is 0 Å². The largest absolute Gasteiger partial charge is 0.343 e. The number of carbonyl (C=O) groups excluding carboxylic acids is 1. The van der Waals surface area contributed by atoms with Crippen molar-refractivity contribution >= 4 is 29.4 Å². The molecule has 168 valence electrons. The molecule has 1 atom stereocenters. The number of benzene rings is 1. The molecule has 1 aliphatic heterocycles. The minimum absolute atomic E-state index is 0.0205. The first-order chi connectivity index (χ1) is 15.1. The molecule has 0 radical (unpaired) electrons. The molecule has 0 spiro atoms. The molecule has 0 bridgehead atoms. The van der Waals surface area contributed by atoms with Crippen molar-refractivity contribution in [1.29, 1.82) is 0 Å². The van der Waals surface area contributed by atoms with Crippen LogP contribution in [0.2, 0.25) is 0 Å². The van der Waals surface area contributed by atoms with E-state index in [4.69, 9.17) is 9.97 Å². The fraction of sp³-hybridized carbons (Fsp3) is 0.565. The van der Waals surface area contributed by atoms with Crippen LogP contribution >= 0.6 is 0 Å². The Bertz CT molecular complexity index is 837. The van der Waals surface area contributed by atoms with E-state index in [0.717, 1.165) is 51.3 Å². The van der Waals surface area contributed by atoms with Gasteiger partial charge in [0.1, 0.15) is 0 Å². The van der Waals surface area contributed by atoms with Crippen molar-refractivity contribution in [3.05, 3.63) is 30.3 Å². The Morgan fingerprint density at radius 1 is 1.03 bits per heavy atom. The lowest BCUT2D eigenvalue weighted by atomic mass is 9.96. The molecule has 1 amide bonds. The van der Waals surface area contributed by atoms with Gasteiger partial charge in [-0.2, -0.15) is 15.0 Å². The minimum Gasteiger partial charge on any atom is -0.343 e. The SMILES string of the molecule is CCN(CC)C(=O)C1CCCN(c2nc(Nc3ccccc3)nc(N(CC)CC)n2)C1. The zero-order chi connectivity index (χ0) is 22.2. The van der Waals surface area contributed by atoms with E-state index in [9.17, 15) is 4.79 Å². The number of amides is 1. The molecule has 1 aromatic heterocycles. The number of carbonyl (C=O) groups is 1. The summed E-state index contributed by atoms with van der Waals surface area (Å²) in [6.45, 7) is 12.9. The second-order valence-electron chi connectivity index (χ2n) is 7.72. The van der Waals surface area contributed by atoms with Gasteiger partial charge in [0.05, 0.1) is 5.92 Å². The standard InChI is InChI=1S/C23H35N7O/c1-5-28(6-2)20(31)18-13-12-16-30(17-18)23-26-21(24-19-14-10-9-11-15-19)25-22(27-23)29(7-3)8-4/h9-11,14-15,18H,5-8,12-13,16-17H2,1-4H3,(H,24,25,26,27). The average molecular weight is 426 g/mol. The molecule has 1 aromatic carbocycles. The summed E-state index contributed by atoms with van der Waals surface area (Å²) >= 11 is 0. The number of hydrogen-bond acceptors (Lipinski definition) is 7. The number of hydrogen-bond donors (Lipinski definition) is 1. The zero-order valence-corrected chi connectivity index (χ0v) is 19.2. The van der Waals surface area contributed by atoms with E-state index in [1.165, 1.54) is 0 Å². The first-order valence-corrected chi connectivity index (χ1v) is 11.5. The molecular weight excluding hydrogens is 390 g/mol. The van der Waals surface area contributed by atoms with Crippen LogP contribution in [0.15, 0.2) is 30.3 Å². The van der Waals surface area contributed by atoms with E-state index in [2.05, 4.69) is 33.9 Å². The van der Waals surface area contributed by atoms with E-state index in [-0.39, 0.29) is 11.8 Å². The summed E-state index contributed by atoms with van der Waals surface area (Å²) in [5.74, 6) is 2.02. The van der Waals surface area contributed by atoms with Gasteiger partial charge in [0, 0.05) is 45.0 Å². The maximum absolute atomic E-state index is 12.9. The Morgan fingerprint density at radius 2 is 1.74 bits per heavy atom. The predicted octanol–water partition coefficient (Wildman–Crippen LogP) is 3.55. The quantitative estimate of drug-likeness (QED) is 0.658. The Hall–Kier alpha value is -2.90. The van der Waals surface area contributed by atoms with E-state index >= 15 is 0 Å². The van der Waals surface area contributed by atoms with Crippen molar-refractivity contribution < 1.29 is 4.79 Å². The molecule has 1 saturated heterocycles. The first kappa shape index (κ1) is 22.8. The molecule has 2 heterocycles. The molecule has 2 aromatic rings. The van der Waals surface area contributed by atoms with Gasteiger partial charge in [-0.25, -0.2) is 0 Å². The molecule has 8 heteroatoms. The van der Waals surface area contributed by atoms with Crippen LogP contribution in [0.1, 0.15) is 40.5 Å². The van der Waals surface area contributed by atoms with E-state index in [0.29, 0.717) is 24.4 Å². The summed E-state index contributed by atoms with van der Waals surface area (Å²) in [4.78, 5) is 33.3. The van der Waals surface area contributed by atoms with Crippen molar-refractivity contribution in [2.24, 2.45) is 5.92 Å². The summed E-state index contributed by atoms with van der Waals surface area (Å²) in [6, 6.07) is 9.90. The molecule has 1 aliphatic rings. The molecular formula is C23H35N7O. The van der Waals surface area contributed by atoms with Crippen LogP contribution in [-0.2, 0) is 4.79 Å². The highest BCUT2D eigenvalue weighted by Gasteiger charge is 2.30. The summed E-state index contributed by atoms with van der Waals surface area (Å²) in [5, 5.41) is 3.31. The van der Waals surface area contributed by atoms with Crippen molar-refractivity contribution in [2.45, 2.75) is 40.5 Å². The van der Waals surface area contributed by atoms with Crippen LogP contribution in [0, 0.1) is 5.92 Å². The van der Waals surface area contributed by atoms with Crippen LogP contribution in [0.25, 0.3) is 0 Å². The monoisotopic (exact) mass is 425 g/mol. The molecule has 8 nitrogen and oxygen atoms in total. The van der Waals surface area contributed by atoms with Gasteiger partial charge >= 0.3 is 0 Å². The highest BCUT2D eigenvalue weighted by atomic mass is 16.2. The minimum atomic E-state index is -0.0205. The molecule has 3 rings (SSSR count). The number of anilines is 4. The van der Waals surface area contributed by atoms with Crippen molar-refractivity contribution in [2.75, 3.05) is 54.4 Å². The summed E-state index contributed by atoms with van der Waals surface area (Å²) in [5.41, 5.74) is 0.929. The van der Waals surface area contributed by atoms with Gasteiger partial charge in [-0.1, -0.05) is 18.2 Å². The van der Waals surface area contributed by atoms with Crippen LogP contribution in [-0.4, -0.2) is 65.0 Å². The van der Waals surface area contributed by atoms with Gasteiger partial charge in [0.25, 0.3) is 0 Å². The van der Waals surface area contributed by atoms with Crippen molar-refractivity contribution in [3.8, 4) is 0 Å². The Kier molecular flexibility index (Phi) is 8.03. The zero-order valence-electron chi connectivity index (χ0n) is 19.2. The second kappa shape index (κ2) is 10.9. The Labute approximate surface area is 185 Å². The molecule has 1 fully saturated rings. The van der Waals surface area contributed by atoms with Crippen LogP contribution in [0.4, 0.5) is 23.5 Å². The number of para-hydroxylation sites is 1. The number of piperidine rings is 1. The molecule has 0 saturated carbocycles. The normalized spacial score (nSPS) is 16.1. The predicted molar refractivity (Wildman–Crippen MR) is 126 cm³/mol. The van der Waals surface area contributed by atoms with E-state index in [1.54, 1.807) is 0 Å². The third-order valence-corrected chi connectivity index (χ3v) is 5.82. The second-order valence-corrected chi connectivity index (χ2v) is 7.72. The maximum atomic E-state index is 12.9. The topological polar surface area (TPSA) is 77.5 Å². The highest BCUT2D eigenvalue weighted by molar-refractivity contribution is 5.79. The number of nitrogens with zero attached hydrogens (tertiary/aromatic N) is 6. The highest BCUT2D eigenvalue weighted by Crippen LogP contribution is 2.25. The summed E-state index contributed by atoms with van der Waals surface area (Å²) in [6.07, 6.45) is 1.86. The molecule has 1 unspecified atom stereocenters. The third-order valence-electron chi connectivity index (χ3n) is 5.82. The lowest BCUT2D eigenvalue weighted by Crippen LogP contribution is -2.45. The Balaban J connectivity index is 1.88. The average Bonchev–Trinajstić information content (AvgIpc) is 2.81. The first-order valence-electron chi connectivity index (χ1n) is 11.5. The summed E-state index contributed by atoms with van der Waals surface area (Å²) < 4.78 is 0. The van der Waals surface area contributed by atoms with Crippen molar-refractivity contribution in [1.82, 2.24) is 19.9 Å². The maximum Gasteiger partial charge on any atom is 0.233 e. The molecule has 0 aliphatic carbocycles. The number of nitrogens with one attached hydrogen (secondary N) is 1. The smallest absolute Gasteiger partial charge is 0.233 e. The molecule has 31 heavy (non-hydrogen) atoms. The summed E-state index contributed by atoms with van der Waals surface area (Å²) in [7, 11) is 0. The van der Waals surface area contributed by atoms with Gasteiger partial charge in [-0.3, -0.25) is 4.79 Å². The lowest BCUT2D eigenvalue weighted by molar-refractivity contribution is -0.135. The van der Waals surface area contributed by atoms with Gasteiger partial charge in [0.2, 0.25) is 23.8 Å². The number of aromatic nitrogens is 3. The van der Waals surface area contributed by atoms with Gasteiger partial charge in [-0.15, -0.1) is 0 Å². The van der Waals surface area contributed by atoms with E-state index < -0.39 is 0 Å². The molecule has 1 N–H and O–H groups in total. The van der Waals surface area contributed by atoms with Crippen molar-refractivity contribution in [3.63, 3.8) is 0 Å². The van der Waals surface area contributed by atoms with Gasteiger partial charge in [0.15, 0.2) is 0 Å². The third kappa shape index (κ3) is 5.62.